The molecule has 1 aliphatic carbocycles. The monoisotopic (exact) mass is 346 g/mol. The molecule has 25 heavy (non-hydrogen) atoms. The zero-order valence-electron chi connectivity index (χ0n) is 14.3. The average Bonchev–Trinajstić information content (AvgIpc) is 3.08. The minimum Gasteiger partial charge on any atom is -0.461 e. The largest absolute Gasteiger partial charge is 0.461 e. The van der Waals surface area contributed by atoms with Crippen LogP contribution in [0.5, 0.6) is 0 Å². The van der Waals surface area contributed by atoms with Crippen LogP contribution >= 0.6 is 0 Å². The summed E-state index contributed by atoms with van der Waals surface area (Å²) in [5.74, 6) is -0.441. The summed E-state index contributed by atoms with van der Waals surface area (Å²) in [5, 5.41) is 7.51. The Bertz CT molecular complexity index is 765. The number of benzene rings is 1. The lowest BCUT2D eigenvalue weighted by Gasteiger charge is -2.34. The number of esters is 1. The molecule has 8 heteroatoms. The van der Waals surface area contributed by atoms with E-state index < -0.39 is 6.04 Å². The Morgan fingerprint density at radius 3 is 2.60 bits per heavy atom. The molecule has 1 aliphatic rings. The highest BCUT2D eigenvalue weighted by Gasteiger charge is 2.29. The van der Waals surface area contributed by atoms with Crippen molar-refractivity contribution in [1.82, 2.24) is 15.2 Å². The number of carbonyl (C=O) groups excluding carboxylic acids is 2. The first kappa shape index (κ1) is 17.3. The van der Waals surface area contributed by atoms with Gasteiger partial charge in [0.15, 0.2) is 0 Å². The minimum atomic E-state index is -0.608. The Labute approximate surface area is 145 Å². The molecule has 0 saturated heterocycles. The second-order valence-electron chi connectivity index (χ2n) is 6.54. The standard InChI is InChI=1S/C17H22N4O4/c1-10(18)17(23)24-13-6-4-12(5-7-13)21(2)16(22)11-3-8-14-15(9-11)20-25-19-14/h3,8-10,12-13H,4-7,18H2,1-2H3/t10-,12?,13?/m0/s1. The maximum atomic E-state index is 12.7. The van der Waals surface area contributed by atoms with Crippen LogP contribution in [0, 0.1) is 0 Å². The van der Waals surface area contributed by atoms with Gasteiger partial charge in [-0.25, -0.2) is 4.63 Å². The van der Waals surface area contributed by atoms with Crippen molar-refractivity contribution in [3.8, 4) is 0 Å². The second kappa shape index (κ2) is 7.18. The molecule has 8 nitrogen and oxygen atoms in total. The summed E-state index contributed by atoms with van der Waals surface area (Å²) >= 11 is 0. The molecule has 0 spiro atoms. The Hall–Kier alpha value is -2.48. The van der Waals surface area contributed by atoms with Gasteiger partial charge in [-0.2, -0.15) is 0 Å². The van der Waals surface area contributed by atoms with Crippen LogP contribution in [0.3, 0.4) is 0 Å². The normalized spacial score (nSPS) is 21.7. The lowest BCUT2D eigenvalue weighted by atomic mass is 9.91. The van der Waals surface area contributed by atoms with E-state index >= 15 is 0 Å². The summed E-state index contributed by atoms with van der Waals surface area (Å²) in [7, 11) is 1.80. The first-order valence-corrected chi connectivity index (χ1v) is 8.41. The van der Waals surface area contributed by atoms with Crippen molar-refractivity contribution < 1.29 is 19.0 Å². The lowest BCUT2D eigenvalue weighted by molar-refractivity contribution is -0.152. The molecule has 0 bridgehead atoms. The summed E-state index contributed by atoms with van der Waals surface area (Å²) in [6, 6.07) is 4.63. The van der Waals surface area contributed by atoms with E-state index in [2.05, 4.69) is 14.9 Å². The molecule has 134 valence electrons. The van der Waals surface area contributed by atoms with Gasteiger partial charge in [0.2, 0.25) is 0 Å². The van der Waals surface area contributed by atoms with Crippen molar-refractivity contribution in [2.75, 3.05) is 7.05 Å². The second-order valence-corrected chi connectivity index (χ2v) is 6.54. The van der Waals surface area contributed by atoms with Crippen LogP contribution in [-0.2, 0) is 9.53 Å². The van der Waals surface area contributed by atoms with Gasteiger partial charge in [-0.3, -0.25) is 9.59 Å². The third kappa shape index (κ3) is 3.79. The Morgan fingerprint density at radius 1 is 1.24 bits per heavy atom. The summed E-state index contributed by atoms with van der Waals surface area (Å²) in [4.78, 5) is 26.0. The molecular formula is C17H22N4O4. The highest BCUT2D eigenvalue weighted by molar-refractivity contribution is 5.97. The van der Waals surface area contributed by atoms with Crippen LogP contribution < -0.4 is 5.73 Å². The number of carbonyl (C=O) groups is 2. The molecule has 2 N–H and O–H groups in total. The van der Waals surface area contributed by atoms with E-state index in [0.717, 1.165) is 25.7 Å². The number of nitrogens with two attached hydrogens (primary N) is 1. The van der Waals surface area contributed by atoms with Crippen molar-refractivity contribution in [3.63, 3.8) is 0 Å². The number of ether oxygens (including phenoxy) is 1. The summed E-state index contributed by atoms with van der Waals surface area (Å²) in [5.41, 5.74) is 7.25. The van der Waals surface area contributed by atoms with Crippen molar-refractivity contribution in [3.05, 3.63) is 23.8 Å². The van der Waals surface area contributed by atoms with Crippen LogP contribution in [-0.4, -0.2) is 52.3 Å². The number of rotatable bonds is 4. The molecule has 1 fully saturated rings. The van der Waals surface area contributed by atoms with E-state index in [-0.39, 0.29) is 24.0 Å². The fourth-order valence-electron chi connectivity index (χ4n) is 3.11. The topological polar surface area (TPSA) is 112 Å². The number of hydrogen-bond donors (Lipinski definition) is 1. The SMILES string of the molecule is C[C@H](N)C(=O)OC1CCC(N(C)C(=O)c2ccc3nonc3c2)CC1. The maximum absolute atomic E-state index is 12.7. The van der Waals surface area contributed by atoms with Crippen LogP contribution in [0.15, 0.2) is 22.8 Å². The molecule has 1 aromatic heterocycles. The quantitative estimate of drug-likeness (QED) is 0.835. The van der Waals surface area contributed by atoms with Crippen LogP contribution in [0.4, 0.5) is 0 Å². The minimum absolute atomic E-state index is 0.0686. The summed E-state index contributed by atoms with van der Waals surface area (Å²) in [6.45, 7) is 1.61. The van der Waals surface area contributed by atoms with Gasteiger partial charge in [0.25, 0.3) is 5.91 Å². The molecule has 1 atom stereocenters. The summed E-state index contributed by atoms with van der Waals surface area (Å²) in [6.07, 6.45) is 2.91. The van der Waals surface area contributed by atoms with E-state index in [4.69, 9.17) is 10.5 Å². The van der Waals surface area contributed by atoms with Crippen molar-refractivity contribution in [1.29, 1.82) is 0 Å². The third-order valence-corrected chi connectivity index (χ3v) is 4.67. The van der Waals surface area contributed by atoms with Crippen molar-refractivity contribution in [2.45, 2.75) is 50.8 Å². The molecule has 1 saturated carbocycles. The molecule has 3 rings (SSSR count). The van der Waals surface area contributed by atoms with Crippen LogP contribution in [0.1, 0.15) is 43.0 Å². The van der Waals surface area contributed by atoms with E-state index in [1.807, 2.05) is 0 Å². The Kier molecular flexibility index (Phi) is 4.98. The Balaban J connectivity index is 1.59. The zero-order chi connectivity index (χ0) is 18.0. The molecule has 1 aromatic carbocycles. The maximum Gasteiger partial charge on any atom is 0.322 e. The predicted octanol–water partition coefficient (Wildman–Crippen LogP) is 1.50. The molecule has 0 unspecified atom stereocenters. The molecule has 1 heterocycles. The van der Waals surface area contributed by atoms with E-state index in [9.17, 15) is 9.59 Å². The number of aromatic nitrogens is 2. The Morgan fingerprint density at radius 2 is 1.92 bits per heavy atom. The van der Waals surface area contributed by atoms with Gasteiger partial charge in [-0.1, -0.05) is 0 Å². The number of nitrogens with zero attached hydrogens (tertiary/aromatic N) is 3. The van der Waals surface area contributed by atoms with Gasteiger partial charge < -0.3 is 15.4 Å². The predicted molar refractivity (Wildman–Crippen MR) is 89.7 cm³/mol. The zero-order valence-corrected chi connectivity index (χ0v) is 14.3. The van der Waals surface area contributed by atoms with Crippen LogP contribution in [0.2, 0.25) is 0 Å². The van der Waals surface area contributed by atoms with Gasteiger partial charge in [-0.05, 0) is 61.1 Å². The van der Waals surface area contributed by atoms with Gasteiger partial charge in [-0.15, -0.1) is 0 Å². The van der Waals surface area contributed by atoms with Crippen LogP contribution in [0.25, 0.3) is 11.0 Å². The fourth-order valence-corrected chi connectivity index (χ4v) is 3.11. The molecule has 0 aliphatic heterocycles. The average molecular weight is 346 g/mol. The third-order valence-electron chi connectivity index (χ3n) is 4.67. The molecule has 1 amide bonds. The number of amides is 1. The lowest BCUT2D eigenvalue weighted by Crippen LogP contribution is -2.42. The first-order valence-electron chi connectivity index (χ1n) is 8.41. The number of hydrogen-bond acceptors (Lipinski definition) is 7. The number of fused-ring (bicyclic) bond motifs is 1. The van der Waals surface area contributed by atoms with E-state index in [1.54, 1.807) is 37.1 Å². The molecular weight excluding hydrogens is 324 g/mol. The smallest absolute Gasteiger partial charge is 0.322 e. The summed E-state index contributed by atoms with van der Waals surface area (Å²) < 4.78 is 10.0. The van der Waals surface area contributed by atoms with E-state index in [0.29, 0.717) is 16.6 Å². The highest BCUT2D eigenvalue weighted by atomic mass is 16.6. The van der Waals surface area contributed by atoms with Crippen molar-refractivity contribution in [2.24, 2.45) is 5.73 Å². The highest BCUT2D eigenvalue weighted by Crippen LogP contribution is 2.26. The van der Waals surface area contributed by atoms with Crippen molar-refractivity contribution >= 4 is 22.9 Å². The molecule has 0 radical (unpaired) electrons. The van der Waals surface area contributed by atoms with Gasteiger partial charge in [0.05, 0.1) is 0 Å². The van der Waals surface area contributed by atoms with E-state index in [1.165, 1.54) is 0 Å². The fraction of sp³-hybridized carbons (Fsp3) is 0.529. The molecule has 2 aromatic rings. The van der Waals surface area contributed by atoms with Gasteiger partial charge in [0, 0.05) is 18.7 Å². The van der Waals surface area contributed by atoms with Gasteiger partial charge >= 0.3 is 5.97 Å². The van der Waals surface area contributed by atoms with Gasteiger partial charge in [0.1, 0.15) is 23.2 Å². The first-order chi connectivity index (χ1) is 12.0.